The highest BCUT2D eigenvalue weighted by atomic mass is 32.2. The van der Waals surface area contributed by atoms with Crippen molar-refractivity contribution >= 4 is 29.5 Å². The molecule has 0 aliphatic carbocycles. The first-order valence-electron chi connectivity index (χ1n) is 6.82. The van der Waals surface area contributed by atoms with Crippen molar-refractivity contribution in [1.29, 1.82) is 0 Å². The molecule has 0 aliphatic rings. The highest BCUT2D eigenvalue weighted by Crippen LogP contribution is 2.22. The van der Waals surface area contributed by atoms with E-state index in [9.17, 15) is 23.2 Å². The Kier molecular flexibility index (Phi) is 6.52. The average Bonchev–Trinajstić information content (AvgIpc) is 3.13. The lowest BCUT2D eigenvalue weighted by molar-refractivity contribution is -0.146. The maximum Gasteiger partial charge on any atom is 0.316 e. The molecule has 10 heteroatoms. The fraction of sp³-hybridized carbons (Fsp3) is 0.133. The molecule has 1 aromatic carbocycles. The van der Waals surface area contributed by atoms with Crippen molar-refractivity contribution in [1.82, 2.24) is 10.9 Å². The van der Waals surface area contributed by atoms with E-state index in [1.807, 2.05) is 5.43 Å². The minimum absolute atomic E-state index is 0.00850. The lowest BCUT2D eigenvalue weighted by Crippen LogP contribution is -2.43. The summed E-state index contributed by atoms with van der Waals surface area (Å²) in [6.45, 7) is -0.649. The van der Waals surface area contributed by atoms with Gasteiger partial charge in [0.2, 0.25) is 0 Å². The Morgan fingerprint density at radius 2 is 1.96 bits per heavy atom. The van der Waals surface area contributed by atoms with E-state index in [1.165, 1.54) is 18.4 Å². The van der Waals surface area contributed by atoms with Crippen LogP contribution in [0.5, 0.6) is 0 Å². The zero-order valence-corrected chi connectivity index (χ0v) is 13.4. The van der Waals surface area contributed by atoms with Crippen LogP contribution in [0.2, 0.25) is 0 Å². The van der Waals surface area contributed by atoms with E-state index >= 15 is 0 Å². The number of esters is 1. The number of hydrogen-bond acceptors (Lipinski definition) is 6. The van der Waals surface area contributed by atoms with Crippen molar-refractivity contribution in [3.05, 3.63) is 54.0 Å². The summed E-state index contributed by atoms with van der Waals surface area (Å²) in [6.07, 6.45) is 1.29. The number of halogens is 2. The van der Waals surface area contributed by atoms with Gasteiger partial charge >= 0.3 is 11.9 Å². The first-order valence-corrected chi connectivity index (χ1v) is 7.80. The SMILES string of the molecule is O=C(COC(=O)CSc1cc(F)ccc1F)NNC(=O)c1ccco1. The average molecular weight is 370 g/mol. The zero-order chi connectivity index (χ0) is 18.2. The molecule has 1 heterocycles. The molecule has 0 fully saturated rings. The van der Waals surface area contributed by atoms with Crippen molar-refractivity contribution < 1.29 is 32.3 Å². The highest BCUT2D eigenvalue weighted by molar-refractivity contribution is 8.00. The molecule has 0 unspecified atom stereocenters. The minimum Gasteiger partial charge on any atom is -0.459 e. The van der Waals surface area contributed by atoms with Gasteiger partial charge in [-0.05, 0) is 30.3 Å². The van der Waals surface area contributed by atoms with Crippen LogP contribution in [0, 0.1) is 11.6 Å². The third-order valence-corrected chi connectivity index (χ3v) is 3.67. The molecule has 2 N–H and O–H groups in total. The van der Waals surface area contributed by atoms with Gasteiger partial charge in [0.05, 0.1) is 12.0 Å². The van der Waals surface area contributed by atoms with E-state index in [-0.39, 0.29) is 16.4 Å². The Labute approximate surface area is 144 Å². The van der Waals surface area contributed by atoms with Gasteiger partial charge in [-0.3, -0.25) is 25.2 Å². The normalized spacial score (nSPS) is 10.2. The number of carbonyl (C=O) groups is 3. The smallest absolute Gasteiger partial charge is 0.316 e. The predicted octanol–water partition coefficient (Wildman–Crippen LogP) is 1.65. The summed E-state index contributed by atoms with van der Waals surface area (Å²) in [6, 6.07) is 5.74. The second-order valence-electron chi connectivity index (χ2n) is 4.50. The molecule has 0 radical (unpaired) electrons. The molecule has 2 rings (SSSR count). The summed E-state index contributed by atoms with van der Waals surface area (Å²) in [5.41, 5.74) is 4.08. The first kappa shape index (κ1) is 18.5. The number of nitrogens with one attached hydrogen (secondary N) is 2. The van der Waals surface area contributed by atoms with Crippen LogP contribution in [0.1, 0.15) is 10.6 Å². The molecule has 7 nitrogen and oxygen atoms in total. The number of rotatable bonds is 6. The first-order chi connectivity index (χ1) is 12.0. The number of benzene rings is 1. The quantitative estimate of drug-likeness (QED) is 0.456. The van der Waals surface area contributed by atoms with Gasteiger partial charge in [0.25, 0.3) is 5.91 Å². The van der Waals surface area contributed by atoms with Crippen LogP contribution in [-0.2, 0) is 14.3 Å². The number of hydrazine groups is 1. The van der Waals surface area contributed by atoms with Crippen LogP contribution >= 0.6 is 11.8 Å². The van der Waals surface area contributed by atoms with Crippen LogP contribution in [0.15, 0.2) is 45.9 Å². The van der Waals surface area contributed by atoms with Gasteiger partial charge in [-0.25, -0.2) is 8.78 Å². The molecule has 0 spiro atoms. The second-order valence-corrected chi connectivity index (χ2v) is 5.52. The molecule has 0 aliphatic heterocycles. The third-order valence-electron chi connectivity index (χ3n) is 2.66. The van der Waals surface area contributed by atoms with Crippen molar-refractivity contribution in [2.75, 3.05) is 12.4 Å². The van der Waals surface area contributed by atoms with E-state index in [1.54, 1.807) is 0 Å². The Morgan fingerprint density at radius 3 is 2.68 bits per heavy atom. The van der Waals surface area contributed by atoms with E-state index in [0.29, 0.717) is 0 Å². The lowest BCUT2D eigenvalue weighted by atomic mass is 10.3. The fourth-order valence-corrected chi connectivity index (χ4v) is 2.30. The Balaban J connectivity index is 1.68. The number of furan rings is 1. The zero-order valence-electron chi connectivity index (χ0n) is 12.6. The molecule has 1 aromatic heterocycles. The molecular weight excluding hydrogens is 358 g/mol. The molecule has 25 heavy (non-hydrogen) atoms. The van der Waals surface area contributed by atoms with Crippen molar-refractivity contribution in [3.8, 4) is 0 Å². The van der Waals surface area contributed by atoms with Crippen LogP contribution in [0.3, 0.4) is 0 Å². The van der Waals surface area contributed by atoms with Crippen LogP contribution in [0.25, 0.3) is 0 Å². The van der Waals surface area contributed by atoms with Gasteiger partial charge in [0.1, 0.15) is 11.6 Å². The Morgan fingerprint density at radius 1 is 1.16 bits per heavy atom. The summed E-state index contributed by atoms with van der Waals surface area (Å²) in [5.74, 6) is -3.89. The Bertz CT molecular complexity index is 767. The van der Waals surface area contributed by atoms with Gasteiger partial charge in [-0.2, -0.15) is 0 Å². The number of thioether (sulfide) groups is 1. The minimum atomic E-state index is -0.804. The molecular formula is C15H12F2N2O5S. The van der Waals surface area contributed by atoms with Gasteiger partial charge < -0.3 is 9.15 Å². The molecule has 132 valence electrons. The van der Waals surface area contributed by atoms with Crippen molar-refractivity contribution in [2.45, 2.75) is 4.90 Å². The van der Waals surface area contributed by atoms with E-state index < -0.39 is 36.0 Å². The fourth-order valence-electron chi connectivity index (χ4n) is 1.54. The maximum atomic E-state index is 13.4. The van der Waals surface area contributed by atoms with E-state index in [0.717, 1.165) is 30.0 Å². The Hall–Kier alpha value is -2.88. The number of hydrogen-bond donors (Lipinski definition) is 2. The summed E-state index contributed by atoms with van der Waals surface area (Å²) in [5, 5.41) is 0. The molecule has 2 amide bonds. The molecule has 0 atom stereocenters. The highest BCUT2D eigenvalue weighted by Gasteiger charge is 2.13. The molecule has 0 bridgehead atoms. The largest absolute Gasteiger partial charge is 0.459 e. The molecule has 0 saturated heterocycles. The van der Waals surface area contributed by atoms with Crippen molar-refractivity contribution in [3.63, 3.8) is 0 Å². The van der Waals surface area contributed by atoms with Gasteiger partial charge in [0.15, 0.2) is 12.4 Å². The standard InChI is InChI=1S/C15H12F2N2O5S/c16-9-3-4-10(17)12(6-9)25-8-14(21)24-7-13(20)18-19-15(22)11-2-1-5-23-11/h1-6H,7-8H2,(H,18,20)(H,19,22). The monoisotopic (exact) mass is 370 g/mol. The second kappa shape index (κ2) is 8.83. The van der Waals surface area contributed by atoms with Crippen LogP contribution in [-0.4, -0.2) is 30.1 Å². The summed E-state index contributed by atoms with van der Waals surface area (Å²) in [4.78, 5) is 34.4. The van der Waals surface area contributed by atoms with Crippen molar-refractivity contribution in [2.24, 2.45) is 0 Å². The van der Waals surface area contributed by atoms with Crippen LogP contribution in [0.4, 0.5) is 8.78 Å². The molecule has 0 saturated carbocycles. The van der Waals surface area contributed by atoms with E-state index in [2.05, 4.69) is 10.2 Å². The molecule has 2 aromatic rings. The van der Waals surface area contributed by atoms with Gasteiger partial charge in [0, 0.05) is 4.90 Å². The maximum absolute atomic E-state index is 13.4. The summed E-state index contributed by atoms with van der Waals surface area (Å²) in [7, 11) is 0. The predicted molar refractivity (Wildman–Crippen MR) is 82.4 cm³/mol. The summed E-state index contributed by atoms with van der Waals surface area (Å²) >= 11 is 0.734. The van der Waals surface area contributed by atoms with Gasteiger partial charge in [-0.15, -0.1) is 11.8 Å². The van der Waals surface area contributed by atoms with Crippen LogP contribution < -0.4 is 10.9 Å². The van der Waals surface area contributed by atoms with E-state index in [4.69, 9.17) is 4.42 Å². The third kappa shape index (κ3) is 5.92. The number of amides is 2. The lowest BCUT2D eigenvalue weighted by Gasteiger charge is -2.07. The number of carbonyl (C=O) groups excluding carboxylic acids is 3. The van der Waals surface area contributed by atoms with Gasteiger partial charge in [-0.1, -0.05) is 0 Å². The summed E-state index contributed by atoms with van der Waals surface area (Å²) < 4.78 is 35.8. The topological polar surface area (TPSA) is 97.6 Å². The number of ether oxygens (including phenoxy) is 1.